The van der Waals surface area contributed by atoms with E-state index in [0.717, 1.165) is 106 Å². The van der Waals surface area contributed by atoms with Crippen molar-refractivity contribution in [2.45, 2.75) is 108 Å². The number of ether oxygens (including phenoxy) is 1. The van der Waals surface area contributed by atoms with Gasteiger partial charge in [0.2, 0.25) is 17.7 Å². The molecule has 9 rings (SSSR count). The molecular weight excluding hydrogens is 827 g/mol. The molecule has 0 spiro atoms. The lowest BCUT2D eigenvalue weighted by Crippen LogP contribution is -2.47. The van der Waals surface area contributed by atoms with E-state index in [0.29, 0.717) is 35.5 Å². The van der Waals surface area contributed by atoms with E-state index in [1.807, 2.05) is 30.5 Å². The molecule has 65 heavy (non-hydrogen) atoms. The van der Waals surface area contributed by atoms with Crippen LogP contribution >= 0.6 is 0 Å². The van der Waals surface area contributed by atoms with Crippen LogP contribution in [0.5, 0.6) is 0 Å². The van der Waals surface area contributed by atoms with Crippen LogP contribution in [-0.4, -0.2) is 122 Å². The van der Waals surface area contributed by atoms with Crippen molar-refractivity contribution in [3.8, 4) is 11.5 Å². The highest BCUT2D eigenvalue weighted by molar-refractivity contribution is 6.03. The van der Waals surface area contributed by atoms with E-state index in [2.05, 4.69) is 74.0 Å². The summed E-state index contributed by atoms with van der Waals surface area (Å²) in [6, 6.07) is 9.96. The number of carbonyl (C=O) groups excluding carboxylic acids is 3. The van der Waals surface area contributed by atoms with Crippen LogP contribution in [0.3, 0.4) is 0 Å². The highest BCUT2D eigenvalue weighted by Gasteiger charge is 2.32. The summed E-state index contributed by atoms with van der Waals surface area (Å²) < 4.78 is 17.2. The van der Waals surface area contributed by atoms with E-state index >= 15 is 0 Å². The van der Waals surface area contributed by atoms with Crippen molar-refractivity contribution in [1.82, 2.24) is 44.0 Å². The molecule has 1 unspecified atom stereocenters. The van der Waals surface area contributed by atoms with Gasteiger partial charge in [-0.05, 0) is 113 Å². The number of pyridine rings is 1. The number of rotatable bonds is 16. The number of morpholine rings is 1. The number of hydrogen-bond acceptors (Lipinski definition) is 12. The number of benzene rings is 1. The Morgan fingerprint density at radius 2 is 1.82 bits per heavy atom. The summed E-state index contributed by atoms with van der Waals surface area (Å²) >= 11 is 0. The molecule has 4 fully saturated rings. The van der Waals surface area contributed by atoms with Crippen LogP contribution < -0.4 is 21.2 Å². The second kappa shape index (κ2) is 19.1. The second-order valence-corrected chi connectivity index (χ2v) is 19.1. The monoisotopic (exact) mass is 889 g/mol. The van der Waals surface area contributed by atoms with Gasteiger partial charge in [0.1, 0.15) is 18.1 Å². The van der Waals surface area contributed by atoms with Gasteiger partial charge < -0.3 is 24.3 Å². The minimum Gasteiger partial charge on any atom is -0.444 e. The number of fused-ring (bicyclic) bond motifs is 1. The van der Waals surface area contributed by atoms with Gasteiger partial charge in [0.05, 0.1) is 41.2 Å². The lowest BCUT2D eigenvalue weighted by Gasteiger charge is -2.36. The number of carbonyl (C=O) groups is 3. The zero-order valence-corrected chi connectivity index (χ0v) is 38.4. The number of oxazole rings is 1. The summed E-state index contributed by atoms with van der Waals surface area (Å²) in [5.74, 6) is 0.933. The van der Waals surface area contributed by atoms with Gasteiger partial charge in [-0.25, -0.2) is 14.8 Å². The van der Waals surface area contributed by atoms with Gasteiger partial charge in [-0.3, -0.25) is 38.4 Å². The zero-order valence-electron chi connectivity index (χ0n) is 38.4. The van der Waals surface area contributed by atoms with Crippen molar-refractivity contribution in [1.29, 1.82) is 0 Å². The van der Waals surface area contributed by atoms with Crippen LogP contribution in [0.4, 0.5) is 11.5 Å². The molecule has 1 aromatic carbocycles. The van der Waals surface area contributed by atoms with E-state index in [1.165, 1.54) is 23.7 Å². The molecule has 4 aliphatic rings. The molecule has 346 valence electrons. The Hall–Kier alpha value is -5.65. The van der Waals surface area contributed by atoms with E-state index in [-0.39, 0.29) is 47.7 Å². The Balaban J connectivity index is 0.724. The first-order valence-corrected chi connectivity index (χ1v) is 23.5. The largest absolute Gasteiger partial charge is 0.444 e. The molecule has 17 nitrogen and oxygen atoms in total. The van der Waals surface area contributed by atoms with Crippen LogP contribution in [-0.2, 0) is 27.8 Å². The lowest BCUT2D eigenvalue weighted by molar-refractivity contribution is -0.135. The van der Waals surface area contributed by atoms with Gasteiger partial charge in [0.15, 0.2) is 5.69 Å². The van der Waals surface area contributed by atoms with Crippen molar-refractivity contribution < 1.29 is 23.5 Å². The fourth-order valence-electron chi connectivity index (χ4n) is 10.1. The van der Waals surface area contributed by atoms with Crippen LogP contribution in [0.15, 0.2) is 58.2 Å². The summed E-state index contributed by atoms with van der Waals surface area (Å²) in [6.45, 7) is 9.61. The number of nitrogens with one attached hydrogen (secondary N) is 2. The number of imidazole rings is 1. The maximum atomic E-state index is 13.5. The van der Waals surface area contributed by atoms with Crippen molar-refractivity contribution in [3.63, 3.8) is 0 Å². The second-order valence-electron chi connectivity index (χ2n) is 19.1. The highest BCUT2D eigenvalue weighted by atomic mass is 16.5. The lowest BCUT2D eigenvalue weighted by atomic mass is 9.86. The predicted molar refractivity (Wildman–Crippen MR) is 247 cm³/mol. The molecule has 2 aliphatic carbocycles. The number of aryl methyl sites for hydroxylation is 2. The molecule has 4 aromatic heterocycles. The van der Waals surface area contributed by atoms with Gasteiger partial charge in [0, 0.05) is 70.7 Å². The van der Waals surface area contributed by atoms with E-state index in [9.17, 15) is 19.2 Å². The van der Waals surface area contributed by atoms with Crippen LogP contribution in [0.25, 0.3) is 22.5 Å². The Labute approximate surface area is 379 Å². The summed E-state index contributed by atoms with van der Waals surface area (Å²) in [6.07, 6.45) is 14.3. The third-order valence-electron chi connectivity index (χ3n) is 13.9. The summed E-state index contributed by atoms with van der Waals surface area (Å²) in [5, 5.41) is 10.5. The minimum atomic E-state index is -0.683. The molecule has 17 heteroatoms. The zero-order chi connectivity index (χ0) is 45.4. The van der Waals surface area contributed by atoms with Gasteiger partial charge in [-0.15, -0.1) is 0 Å². The molecule has 2 saturated carbocycles. The SMILES string of the molecule is CC(C)c1nn(C2CCC(CN(C)C[C@@H]3CN(CCCc4ccc5c(c4)n(C)c(=O)n5C4CCC(=O)NC4=O)CCO3)CC2)cc1NC(=O)c1coc(-c2ccnc(N(C)C3CC3)c2)n1. The number of imide groups is 1. The quantitative estimate of drug-likeness (QED) is 0.119. The molecular formula is C48H63N11O6. The third-order valence-corrected chi connectivity index (χ3v) is 13.9. The Morgan fingerprint density at radius 3 is 2.58 bits per heavy atom. The number of nitrogens with zero attached hydrogens (tertiary/aromatic N) is 9. The summed E-state index contributed by atoms with van der Waals surface area (Å²) in [7, 11) is 6.00. The number of likely N-dealkylation sites (N-methyl/N-ethyl adjacent to an activating group) is 1. The number of amides is 3. The minimum absolute atomic E-state index is 0.128. The Morgan fingerprint density at radius 1 is 1.00 bits per heavy atom. The van der Waals surface area contributed by atoms with Crippen LogP contribution in [0, 0.1) is 5.92 Å². The molecule has 3 amide bonds. The van der Waals surface area contributed by atoms with Gasteiger partial charge in [0.25, 0.3) is 5.91 Å². The van der Waals surface area contributed by atoms with Crippen molar-refractivity contribution in [2.24, 2.45) is 13.0 Å². The van der Waals surface area contributed by atoms with Gasteiger partial charge >= 0.3 is 5.69 Å². The van der Waals surface area contributed by atoms with Crippen molar-refractivity contribution in [3.05, 3.63) is 76.4 Å². The van der Waals surface area contributed by atoms with Gasteiger partial charge in [-0.1, -0.05) is 19.9 Å². The highest BCUT2D eigenvalue weighted by Crippen LogP contribution is 2.35. The topological polar surface area (TPSA) is 178 Å². The van der Waals surface area contributed by atoms with E-state index in [1.54, 1.807) is 17.8 Å². The first-order valence-electron chi connectivity index (χ1n) is 23.5. The van der Waals surface area contributed by atoms with Crippen molar-refractivity contribution >= 4 is 40.3 Å². The molecule has 2 saturated heterocycles. The maximum absolute atomic E-state index is 13.5. The molecule has 6 heterocycles. The van der Waals surface area contributed by atoms with Gasteiger partial charge in [-0.2, -0.15) is 5.10 Å². The molecule has 0 bridgehead atoms. The normalized spacial score (nSPS) is 22.0. The molecule has 2 N–H and O–H groups in total. The van der Waals surface area contributed by atoms with Crippen molar-refractivity contribution in [2.75, 3.05) is 63.6 Å². The Bertz CT molecular complexity index is 2580. The maximum Gasteiger partial charge on any atom is 0.329 e. The summed E-state index contributed by atoms with van der Waals surface area (Å²) in [4.78, 5) is 67.1. The average Bonchev–Trinajstić information content (AvgIpc) is 3.77. The molecule has 2 atom stereocenters. The van der Waals surface area contributed by atoms with E-state index < -0.39 is 11.9 Å². The number of hydrogen-bond donors (Lipinski definition) is 2. The average molecular weight is 890 g/mol. The Kier molecular flexibility index (Phi) is 13.1. The standard InChI is InChI=1S/C48H63N11O6/c1-30(2)44-37(50-45(61)38-29-65-47(51-38)33-18-19-49-42(24-33)55(4)34-13-14-34)28-58(53-44)35-11-8-32(9-12-35)25-54(3)26-36-27-57(21-22-64-36)20-6-7-31-10-15-39-41(23-31)56(5)48(63)59(39)40-16-17-43(60)52-46(40)62/h10,15,18-19,23-24,28-30,32,34-36,40H,6-9,11-14,16-17,20-22,25-27H2,1-5H3,(H,50,61)(H,52,60,62)/t32?,35?,36-,40?/m1/s1. The molecule has 5 aromatic rings. The molecule has 0 radical (unpaired) electrons. The van der Waals surface area contributed by atoms with E-state index in [4.69, 9.17) is 14.3 Å². The number of aromatic nitrogens is 6. The number of anilines is 2. The smallest absolute Gasteiger partial charge is 0.329 e. The first kappa shape index (κ1) is 44.5. The number of piperidine rings is 1. The third kappa shape index (κ3) is 9.97. The van der Waals surface area contributed by atoms with Crippen LogP contribution in [0.2, 0.25) is 0 Å². The fourth-order valence-corrected chi connectivity index (χ4v) is 10.1. The predicted octanol–water partition coefficient (Wildman–Crippen LogP) is 5.54. The summed E-state index contributed by atoms with van der Waals surface area (Å²) in [5.41, 5.74) is 4.99. The van der Waals surface area contributed by atoms with Crippen LogP contribution in [0.1, 0.15) is 111 Å². The fraction of sp³-hybridized carbons (Fsp3) is 0.562. The molecule has 2 aliphatic heterocycles. The first-order chi connectivity index (χ1) is 31.4.